The predicted molar refractivity (Wildman–Crippen MR) is 50.0 cm³/mol. The van der Waals surface area contributed by atoms with Crippen LogP contribution in [0.15, 0.2) is 12.7 Å². The lowest BCUT2D eigenvalue weighted by Gasteiger charge is -2.09. The number of nitrogens with zero attached hydrogens (tertiary/aromatic N) is 3. The van der Waals surface area contributed by atoms with E-state index in [-0.39, 0.29) is 5.54 Å². The third-order valence-electron chi connectivity index (χ3n) is 3.03. The van der Waals surface area contributed by atoms with Gasteiger partial charge in [0.25, 0.3) is 0 Å². The van der Waals surface area contributed by atoms with Crippen LogP contribution in [-0.2, 0) is 6.54 Å². The molecule has 0 amide bonds. The molecule has 2 N–H and O–H groups in total. The van der Waals surface area contributed by atoms with Gasteiger partial charge >= 0.3 is 0 Å². The van der Waals surface area contributed by atoms with Crippen molar-refractivity contribution in [1.82, 2.24) is 14.8 Å². The van der Waals surface area contributed by atoms with E-state index in [1.807, 2.05) is 4.57 Å². The molecule has 72 valence electrons. The van der Waals surface area contributed by atoms with Gasteiger partial charge in [0.05, 0.1) is 0 Å². The fourth-order valence-electron chi connectivity index (χ4n) is 1.79. The zero-order valence-electron chi connectivity index (χ0n) is 7.98. The molecule has 4 nitrogen and oxygen atoms in total. The number of nitrogens with two attached hydrogens (primary N) is 1. The van der Waals surface area contributed by atoms with Crippen LogP contribution in [-0.4, -0.2) is 20.3 Å². The van der Waals surface area contributed by atoms with Crippen molar-refractivity contribution < 1.29 is 0 Å². The molecule has 1 fully saturated rings. The zero-order valence-corrected chi connectivity index (χ0v) is 7.98. The van der Waals surface area contributed by atoms with E-state index in [9.17, 15) is 0 Å². The largest absolute Gasteiger partial charge is 0.325 e. The Morgan fingerprint density at radius 3 is 2.69 bits per heavy atom. The fraction of sp³-hybridized carbons (Fsp3) is 0.778. The molecule has 1 heterocycles. The van der Waals surface area contributed by atoms with Crippen molar-refractivity contribution in [3.05, 3.63) is 12.7 Å². The minimum absolute atomic E-state index is 0.147. The van der Waals surface area contributed by atoms with E-state index in [1.54, 1.807) is 12.7 Å². The summed E-state index contributed by atoms with van der Waals surface area (Å²) >= 11 is 0. The Kier molecular flexibility index (Phi) is 2.07. The average Bonchev–Trinajstić information content (AvgIpc) is 2.55. The SMILES string of the molecule is CC1CC1(N)CCCn1cnnc1. The molecule has 0 radical (unpaired) electrons. The van der Waals surface area contributed by atoms with Crippen LogP contribution in [0.3, 0.4) is 0 Å². The van der Waals surface area contributed by atoms with E-state index < -0.39 is 0 Å². The Morgan fingerprint density at radius 1 is 1.54 bits per heavy atom. The first-order chi connectivity index (χ1) is 6.21. The maximum atomic E-state index is 6.09. The Balaban J connectivity index is 1.70. The summed E-state index contributed by atoms with van der Waals surface area (Å²) < 4.78 is 2.00. The standard InChI is InChI=1S/C9H16N4/c1-8-5-9(8,10)3-2-4-13-6-11-12-7-13/h6-8H,2-5,10H2,1H3. The minimum Gasteiger partial charge on any atom is -0.325 e. The van der Waals surface area contributed by atoms with Crippen LogP contribution >= 0.6 is 0 Å². The third kappa shape index (κ3) is 1.88. The highest BCUT2D eigenvalue weighted by molar-refractivity contribution is 5.04. The highest BCUT2D eigenvalue weighted by Gasteiger charge is 2.46. The topological polar surface area (TPSA) is 56.7 Å². The highest BCUT2D eigenvalue weighted by atomic mass is 15.2. The van der Waals surface area contributed by atoms with Crippen molar-refractivity contribution in [1.29, 1.82) is 0 Å². The molecule has 2 atom stereocenters. The van der Waals surface area contributed by atoms with Crippen molar-refractivity contribution in [2.45, 2.75) is 38.3 Å². The lowest BCUT2D eigenvalue weighted by atomic mass is 10.1. The summed E-state index contributed by atoms with van der Waals surface area (Å²) in [6.07, 6.45) is 6.93. The van der Waals surface area contributed by atoms with Crippen LogP contribution in [0.1, 0.15) is 26.2 Å². The lowest BCUT2D eigenvalue weighted by molar-refractivity contribution is 0.501. The van der Waals surface area contributed by atoms with Crippen LogP contribution in [0.25, 0.3) is 0 Å². The van der Waals surface area contributed by atoms with Gasteiger partial charge in [-0.3, -0.25) is 0 Å². The monoisotopic (exact) mass is 180 g/mol. The van der Waals surface area contributed by atoms with E-state index in [0.717, 1.165) is 19.4 Å². The van der Waals surface area contributed by atoms with Gasteiger partial charge in [0.1, 0.15) is 12.7 Å². The predicted octanol–water partition coefficient (Wildman–Crippen LogP) is 0.796. The Hall–Kier alpha value is -0.900. The van der Waals surface area contributed by atoms with E-state index in [0.29, 0.717) is 5.92 Å². The molecule has 4 heteroatoms. The smallest absolute Gasteiger partial charge is 0.119 e. The molecule has 0 spiro atoms. The molecule has 1 saturated carbocycles. The van der Waals surface area contributed by atoms with Crippen LogP contribution in [0, 0.1) is 5.92 Å². The van der Waals surface area contributed by atoms with Crippen molar-refractivity contribution in [2.24, 2.45) is 11.7 Å². The van der Waals surface area contributed by atoms with E-state index in [2.05, 4.69) is 17.1 Å². The van der Waals surface area contributed by atoms with Crippen LogP contribution < -0.4 is 5.73 Å². The normalized spacial score (nSPS) is 32.0. The third-order valence-corrected chi connectivity index (χ3v) is 3.03. The van der Waals surface area contributed by atoms with Gasteiger partial charge in [0, 0.05) is 12.1 Å². The molecular weight excluding hydrogens is 164 g/mol. The number of rotatable bonds is 4. The second-order valence-electron chi connectivity index (χ2n) is 4.14. The molecular formula is C9H16N4. The minimum atomic E-state index is 0.147. The Labute approximate surface area is 78.1 Å². The van der Waals surface area contributed by atoms with Gasteiger partial charge in [-0.25, -0.2) is 0 Å². The Morgan fingerprint density at radius 2 is 2.15 bits per heavy atom. The summed E-state index contributed by atoms with van der Waals surface area (Å²) in [4.78, 5) is 0. The van der Waals surface area contributed by atoms with Gasteiger partial charge in [0.15, 0.2) is 0 Å². The molecule has 13 heavy (non-hydrogen) atoms. The van der Waals surface area contributed by atoms with Gasteiger partial charge in [-0.05, 0) is 25.2 Å². The number of hydrogen-bond acceptors (Lipinski definition) is 3. The van der Waals surface area contributed by atoms with Crippen LogP contribution in [0.5, 0.6) is 0 Å². The second-order valence-corrected chi connectivity index (χ2v) is 4.14. The summed E-state index contributed by atoms with van der Waals surface area (Å²) in [7, 11) is 0. The summed E-state index contributed by atoms with van der Waals surface area (Å²) in [5.41, 5.74) is 6.24. The molecule has 0 bridgehead atoms. The van der Waals surface area contributed by atoms with Crippen LogP contribution in [0.2, 0.25) is 0 Å². The highest BCUT2D eigenvalue weighted by Crippen LogP contribution is 2.43. The van der Waals surface area contributed by atoms with Crippen molar-refractivity contribution >= 4 is 0 Å². The lowest BCUT2D eigenvalue weighted by Crippen LogP contribution is -2.24. The number of aryl methyl sites for hydroxylation is 1. The van der Waals surface area contributed by atoms with E-state index in [4.69, 9.17) is 5.73 Å². The number of hydrogen-bond donors (Lipinski definition) is 1. The molecule has 2 unspecified atom stereocenters. The molecule has 1 aromatic heterocycles. The maximum Gasteiger partial charge on any atom is 0.119 e. The fourth-order valence-corrected chi connectivity index (χ4v) is 1.79. The van der Waals surface area contributed by atoms with Gasteiger partial charge < -0.3 is 10.3 Å². The molecule has 1 aliphatic carbocycles. The first kappa shape index (κ1) is 8.69. The molecule has 0 aliphatic heterocycles. The molecule has 1 aliphatic rings. The van der Waals surface area contributed by atoms with E-state index >= 15 is 0 Å². The molecule has 1 aromatic rings. The molecule has 2 rings (SSSR count). The van der Waals surface area contributed by atoms with Crippen molar-refractivity contribution in [3.8, 4) is 0 Å². The summed E-state index contributed by atoms with van der Waals surface area (Å²) in [6, 6.07) is 0. The summed E-state index contributed by atoms with van der Waals surface area (Å²) in [6.45, 7) is 3.21. The summed E-state index contributed by atoms with van der Waals surface area (Å²) in [5, 5.41) is 7.50. The zero-order chi connectivity index (χ0) is 9.31. The van der Waals surface area contributed by atoms with Gasteiger partial charge in [-0.2, -0.15) is 0 Å². The Bertz CT molecular complexity index is 269. The van der Waals surface area contributed by atoms with Crippen molar-refractivity contribution in [3.63, 3.8) is 0 Å². The van der Waals surface area contributed by atoms with Gasteiger partial charge in [-0.1, -0.05) is 6.92 Å². The first-order valence-corrected chi connectivity index (χ1v) is 4.82. The molecule has 0 saturated heterocycles. The average molecular weight is 180 g/mol. The van der Waals surface area contributed by atoms with Gasteiger partial charge in [-0.15, -0.1) is 10.2 Å². The first-order valence-electron chi connectivity index (χ1n) is 4.82. The van der Waals surface area contributed by atoms with Crippen molar-refractivity contribution in [2.75, 3.05) is 0 Å². The maximum absolute atomic E-state index is 6.09. The van der Waals surface area contributed by atoms with Gasteiger partial charge in [0.2, 0.25) is 0 Å². The van der Waals surface area contributed by atoms with E-state index in [1.165, 1.54) is 6.42 Å². The second kappa shape index (κ2) is 3.10. The molecule has 0 aromatic carbocycles. The summed E-state index contributed by atoms with van der Waals surface area (Å²) in [5.74, 6) is 0.716. The quantitative estimate of drug-likeness (QED) is 0.745. The number of aromatic nitrogens is 3. The van der Waals surface area contributed by atoms with Crippen LogP contribution in [0.4, 0.5) is 0 Å².